The predicted octanol–water partition coefficient (Wildman–Crippen LogP) is 4.43. The average Bonchev–Trinajstić information content (AvgIpc) is 3.12. The first-order valence-electron chi connectivity index (χ1n) is 9.27. The average molecular weight is 347 g/mol. The van der Waals surface area contributed by atoms with E-state index in [0.29, 0.717) is 18.8 Å². The summed E-state index contributed by atoms with van der Waals surface area (Å²) in [6.07, 6.45) is 3.81. The van der Waals surface area contributed by atoms with Gasteiger partial charge in [0.15, 0.2) is 5.76 Å². The number of piperidine rings is 1. The SMILES string of the molecule is O=C(c1cc2ccccc2o1)N1CCC2(CCc3ccccc3O2)CC1. The van der Waals surface area contributed by atoms with Crippen LogP contribution in [0.4, 0.5) is 0 Å². The minimum Gasteiger partial charge on any atom is -0.487 e. The number of rotatable bonds is 1. The maximum absolute atomic E-state index is 12.8. The predicted molar refractivity (Wildman–Crippen MR) is 99.5 cm³/mol. The summed E-state index contributed by atoms with van der Waals surface area (Å²) in [5.74, 6) is 1.42. The first-order chi connectivity index (χ1) is 12.7. The Morgan fingerprint density at radius 3 is 2.58 bits per heavy atom. The molecule has 1 saturated heterocycles. The molecule has 1 aromatic heterocycles. The Morgan fingerprint density at radius 1 is 0.962 bits per heavy atom. The smallest absolute Gasteiger partial charge is 0.289 e. The van der Waals surface area contributed by atoms with Gasteiger partial charge in [-0.15, -0.1) is 0 Å². The summed E-state index contributed by atoms with van der Waals surface area (Å²) in [5.41, 5.74) is 1.93. The van der Waals surface area contributed by atoms with E-state index >= 15 is 0 Å². The van der Waals surface area contributed by atoms with Gasteiger partial charge in [-0.1, -0.05) is 36.4 Å². The van der Waals surface area contributed by atoms with Gasteiger partial charge >= 0.3 is 0 Å². The summed E-state index contributed by atoms with van der Waals surface area (Å²) in [5, 5.41) is 0.969. The maximum Gasteiger partial charge on any atom is 0.289 e. The maximum atomic E-state index is 12.8. The summed E-state index contributed by atoms with van der Waals surface area (Å²) in [4.78, 5) is 14.7. The van der Waals surface area contributed by atoms with E-state index in [1.807, 2.05) is 41.3 Å². The molecule has 0 bridgehead atoms. The third-order valence-corrected chi connectivity index (χ3v) is 5.75. The lowest BCUT2D eigenvalue weighted by Crippen LogP contribution is -2.51. The number of benzene rings is 2. The van der Waals surface area contributed by atoms with Crippen molar-refractivity contribution in [1.29, 1.82) is 0 Å². The van der Waals surface area contributed by atoms with E-state index < -0.39 is 0 Å². The highest BCUT2D eigenvalue weighted by molar-refractivity contribution is 5.96. The summed E-state index contributed by atoms with van der Waals surface area (Å²) in [7, 11) is 0. The number of carbonyl (C=O) groups excluding carboxylic acids is 1. The third-order valence-electron chi connectivity index (χ3n) is 5.75. The van der Waals surface area contributed by atoms with Crippen LogP contribution in [0.1, 0.15) is 35.4 Å². The Morgan fingerprint density at radius 2 is 1.73 bits per heavy atom. The molecule has 132 valence electrons. The van der Waals surface area contributed by atoms with Crippen LogP contribution in [0.25, 0.3) is 11.0 Å². The molecule has 4 heteroatoms. The fourth-order valence-electron chi connectivity index (χ4n) is 4.17. The van der Waals surface area contributed by atoms with Gasteiger partial charge < -0.3 is 14.1 Å². The minimum absolute atomic E-state index is 0.0211. The Balaban J connectivity index is 1.30. The van der Waals surface area contributed by atoms with Crippen LogP contribution >= 0.6 is 0 Å². The normalized spacial score (nSPS) is 18.5. The number of para-hydroxylation sites is 2. The molecule has 5 rings (SSSR count). The van der Waals surface area contributed by atoms with Crippen LogP contribution in [-0.4, -0.2) is 29.5 Å². The highest BCUT2D eigenvalue weighted by atomic mass is 16.5. The molecule has 2 aliphatic rings. The van der Waals surface area contributed by atoms with Crippen molar-refractivity contribution in [3.8, 4) is 5.75 Å². The molecule has 26 heavy (non-hydrogen) atoms. The van der Waals surface area contributed by atoms with Crippen molar-refractivity contribution in [1.82, 2.24) is 4.90 Å². The van der Waals surface area contributed by atoms with Gasteiger partial charge in [-0.05, 0) is 36.6 Å². The Bertz CT molecular complexity index is 933. The number of aryl methyl sites for hydroxylation is 1. The quantitative estimate of drug-likeness (QED) is 0.654. The molecular weight excluding hydrogens is 326 g/mol. The lowest BCUT2D eigenvalue weighted by molar-refractivity contribution is -0.0113. The van der Waals surface area contributed by atoms with Crippen LogP contribution in [0.3, 0.4) is 0 Å². The monoisotopic (exact) mass is 347 g/mol. The Labute approximate surface area is 152 Å². The van der Waals surface area contributed by atoms with Crippen LogP contribution in [0, 0.1) is 0 Å². The van der Waals surface area contributed by atoms with Crippen molar-refractivity contribution in [3.05, 3.63) is 65.9 Å². The molecule has 2 aromatic carbocycles. The molecule has 0 aliphatic carbocycles. The van der Waals surface area contributed by atoms with Gasteiger partial charge in [0, 0.05) is 31.3 Å². The van der Waals surface area contributed by atoms with Crippen molar-refractivity contribution < 1.29 is 13.9 Å². The first kappa shape index (κ1) is 15.5. The number of furan rings is 1. The second kappa shape index (κ2) is 5.90. The first-order valence-corrected chi connectivity index (χ1v) is 9.27. The van der Waals surface area contributed by atoms with Crippen LogP contribution < -0.4 is 4.74 Å². The molecule has 0 radical (unpaired) electrons. The van der Waals surface area contributed by atoms with E-state index in [2.05, 4.69) is 18.2 Å². The van der Waals surface area contributed by atoms with Gasteiger partial charge in [0.1, 0.15) is 16.9 Å². The van der Waals surface area contributed by atoms with Crippen molar-refractivity contribution in [2.75, 3.05) is 13.1 Å². The Hall–Kier alpha value is -2.75. The molecule has 2 aliphatic heterocycles. The second-order valence-electron chi connectivity index (χ2n) is 7.33. The third kappa shape index (κ3) is 2.57. The number of nitrogens with zero attached hydrogens (tertiary/aromatic N) is 1. The zero-order chi connectivity index (χ0) is 17.6. The van der Waals surface area contributed by atoms with Gasteiger partial charge in [-0.3, -0.25) is 4.79 Å². The molecule has 1 spiro atoms. The van der Waals surface area contributed by atoms with Crippen molar-refractivity contribution in [2.24, 2.45) is 0 Å². The van der Waals surface area contributed by atoms with E-state index in [0.717, 1.165) is 42.4 Å². The van der Waals surface area contributed by atoms with Gasteiger partial charge in [0.05, 0.1) is 0 Å². The fourth-order valence-corrected chi connectivity index (χ4v) is 4.17. The van der Waals surface area contributed by atoms with Crippen LogP contribution in [0.15, 0.2) is 59.0 Å². The van der Waals surface area contributed by atoms with Gasteiger partial charge in [-0.2, -0.15) is 0 Å². The van der Waals surface area contributed by atoms with Crippen molar-refractivity contribution in [2.45, 2.75) is 31.3 Å². The van der Waals surface area contributed by atoms with Crippen LogP contribution in [0.2, 0.25) is 0 Å². The number of carbonyl (C=O) groups is 1. The van der Waals surface area contributed by atoms with E-state index in [4.69, 9.17) is 9.15 Å². The molecule has 0 saturated carbocycles. The number of likely N-dealkylation sites (tertiary alicyclic amines) is 1. The highest BCUT2D eigenvalue weighted by Crippen LogP contribution is 2.39. The zero-order valence-electron chi connectivity index (χ0n) is 14.6. The molecule has 4 nitrogen and oxygen atoms in total. The molecule has 1 fully saturated rings. The van der Waals surface area contributed by atoms with Gasteiger partial charge in [0.2, 0.25) is 0 Å². The minimum atomic E-state index is -0.126. The molecule has 3 aromatic rings. The molecule has 1 amide bonds. The summed E-state index contributed by atoms with van der Waals surface area (Å²) in [6, 6.07) is 17.9. The molecular formula is C22H21NO3. The number of hydrogen-bond donors (Lipinski definition) is 0. The standard InChI is InChI=1S/C22H21NO3/c24-21(20-15-17-6-2-3-7-18(17)25-20)23-13-11-22(12-14-23)10-9-16-5-1-4-8-19(16)26-22/h1-8,15H,9-14H2. The lowest BCUT2D eigenvalue weighted by atomic mass is 9.83. The number of amides is 1. The summed E-state index contributed by atoms with van der Waals surface area (Å²) in [6.45, 7) is 1.41. The fraction of sp³-hybridized carbons (Fsp3) is 0.318. The number of ether oxygens (including phenoxy) is 1. The van der Waals surface area contributed by atoms with Crippen LogP contribution in [-0.2, 0) is 6.42 Å². The molecule has 0 unspecified atom stereocenters. The molecule has 3 heterocycles. The molecule has 0 N–H and O–H groups in total. The summed E-state index contributed by atoms with van der Waals surface area (Å²) < 4.78 is 12.1. The summed E-state index contributed by atoms with van der Waals surface area (Å²) >= 11 is 0. The van der Waals surface area contributed by atoms with Crippen LogP contribution in [0.5, 0.6) is 5.75 Å². The van der Waals surface area contributed by atoms with Gasteiger partial charge in [0.25, 0.3) is 5.91 Å². The van der Waals surface area contributed by atoms with E-state index in [-0.39, 0.29) is 11.5 Å². The topological polar surface area (TPSA) is 42.7 Å². The number of hydrogen-bond acceptors (Lipinski definition) is 3. The van der Waals surface area contributed by atoms with Crippen molar-refractivity contribution in [3.63, 3.8) is 0 Å². The number of fused-ring (bicyclic) bond motifs is 2. The second-order valence-corrected chi connectivity index (χ2v) is 7.33. The molecule has 0 atom stereocenters. The van der Waals surface area contributed by atoms with E-state index in [9.17, 15) is 4.79 Å². The largest absolute Gasteiger partial charge is 0.487 e. The highest BCUT2D eigenvalue weighted by Gasteiger charge is 2.40. The zero-order valence-corrected chi connectivity index (χ0v) is 14.6. The lowest BCUT2D eigenvalue weighted by Gasteiger charge is -2.44. The van der Waals surface area contributed by atoms with E-state index in [1.54, 1.807) is 0 Å². The van der Waals surface area contributed by atoms with E-state index in [1.165, 1.54) is 5.56 Å². The van der Waals surface area contributed by atoms with Crippen molar-refractivity contribution >= 4 is 16.9 Å². The Kier molecular flexibility index (Phi) is 3.52. The van der Waals surface area contributed by atoms with Gasteiger partial charge in [-0.25, -0.2) is 0 Å².